The number of hydrogen-bond acceptors (Lipinski definition) is 6. The van der Waals surface area contributed by atoms with Gasteiger partial charge in [-0.1, -0.05) is 30.3 Å². The van der Waals surface area contributed by atoms with Crippen molar-refractivity contribution < 1.29 is 4.79 Å². The Bertz CT molecular complexity index is 1100. The van der Waals surface area contributed by atoms with Crippen LogP contribution >= 0.6 is 0 Å². The van der Waals surface area contributed by atoms with E-state index in [2.05, 4.69) is 52.1 Å². The zero-order chi connectivity index (χ0) is 22.6. The van der Waals surface area contributed by atoms with Gasteiger partial charge in [-0.25, -0.2) is 15.0 Å². The SMILES string of the molecule is Cc1nc([C@@H]2CCCN(C(=O)c3cnccn3)C2)nc2c1CCCN2CCc1ccccc1. The van der Waals surface area contributed by atoms with Crippen molar-refractivity contribution in [3.63, 3.8) is 0 Å². The molecule has 7 heteroatoms. The van der Waals surface area contributed by atoms with E-state index in [4.69, 9.17) is 9.97 Å². The van der Waals surface area contributed by atoms with E-state index in [-0.39, 0.29) is 11.8 Å². The van der Waals surface area contributed by atoms with E-state index in [1.54, 1.807) is 12.4 Å². The lowest BCUT2D eigenvalue weighted by molar-refractivity contribution is 0.0698. The number of aryl methyl sites for hydroxylation is 1. The molecule has 33 heavy (non-hydrogen) atoms. The van der Waals surface area contributed by atoms with Crippen molar-refractivity contribution in [2.75, 3.05) is 31.1 Å². The smallest absolute Gasteiger partial charge is 0.274 e. The molecule has 0 spiro atoms. The lowest BCUT2D eigenvalue weighted by atomic mass is 9.95. The van der Waals surface area contributed by atoms with Crippen LogP contribution in [0.2, 0.25) is 0 Å². The number of carbonyl (C=O) groups is 1. The summed E-state index contributed by atoms with van der Waals surface area (Å²) < 4.78 is 0. The summed E-state index contributed by atoms with van der Waals surface area (Å²) in [5, 5.41) is 0. The molecule has 4 heterocycles. The number of amides is 1. The van der Waals surface area contributed by atoms with Crippen LogP contribution in [0.1, 0.15) is 58.3 Å². The zero-order valence-electron chi connectivity index (χ0n) is 19.2. The zero-order valence-corrected chi connectivity index (χ0v) is 19.2. The Morgan fingerprint density at radius 3 is 2.79 bits per heavy atom. The maximum Gasteiger partial charge on any atom is 0.274 e. The van der Waals surface area contributed by atoms with Gasteiger partial charge in [-0.3, -0.25) is 9.78 Å². The number of hydrogen-bond donors (Lipinski definition) is 0. The van der Waals surface area contributed by atoms with Gasteiger partial charge in [0, 0.05) is 55.7 Å². The maximum atomic E-state index is 12.9. The third-order valence-electron chi connectivity index (χ3n) is 6.73. The first kappa shape index (κ1) is 21.5. The van der Waals surface area contributed by atoms with Crippen LogP contribution in [0.15, 0.2) is 48.9 Å². The molecule has 0 N–H and O–H groups in total. The number of piperidine rings is 1. The Labute approximate surface area is 194 Å². The molecule has 7 nitrogen and oxygen atoms in total. The second kappa shape index (κ2) is 9.65. The monoisotopic (exact) mass is 442 g/mol. The van der Waals surface area contributed by atoms with Gasteiger partial charge in [-0.05, 0) is 44.6 Å². The van der Waals surface area contributed by atoms with Crippen LogP contribution < -0.4 is 4.90 Å². The van der Waals surface area contributed by atoms with Crippen LogP contribution in [0, 0.1) is 6.92 Å². The molecular weight excluding hydrogens is 412 g/mol. The molecule has 1 amide bonds. The molecule has 2 aliphatic rings. The summed E-state index contributed by atoms with van der Waals surface area (Å²) in [5.41, 5.74) is 4.10. The Kier molecular flexibility index (Phi) is 6.28. The second-order valence-electron chi connectivity index (χ2n) is 8.98. The molecule has 0 unspecified atom stereocenters. The molecule has 2 aromatic heterocycles. The first-order chi connectivity index (χ1) is 16.2. The van der Waals surface area contributed by atoms with Gasteiger partial charge >= 0.3 is 0 Å². The minimum Gasteiger partial charge on any atom is -0.356 e. The molecule has 2 aliphatic heterocycles. The van der Waals surface area contributed by atoms with Crippen LogP contribution in [0.4, 0.5) is 5.82 Å². The van der Waals surface area contributed by atoms with E-state index in [0.29, 0.717) is 12.2 Å². The molecule has 5 rings (SSSR count). The van der Waals surface area contributed by atoms with E-state index < -0.39 is 0 Å². The van der Waals surface area contributed by atoms with Crippen molar-refractivity contribution in [3.05, 3.63) is 77.3 Å². The molecule has 0 radical (unpaired) electrons. The fourth-order valence-electron chi connectivity index (χ4n) is 4.96. The number of rotatable bonds is 5. The number of anilines is 1. The Morgan fingerprint density at radius 1 is 1.09 bits per heavy atom. The molecule has 1 atom stereocenters. The number of benzene rings is 1. The summed E-state index contributed by atoms with van der Waals surface area (Å²) in [4.78, 5) is 35.5. The predicted octanol–water partition coefficient (Wildman–Crippen LogP) is 3.59. The van der Waals surface area contributed by atoms with Gasteiger partial charge < -0.3 is 9.80 Å². The third kappa shape index (κ3) is 4.72. The van der Waals surface area contributed by atoms with Gasteiger partial charge in [0.15, 0.2) is 0 Å². The summed E-state index contributed by atoms with van der Waals surface area (Å²) >= 11 is 0. The lowest BCUT2D eigenvalue weighted by Gasteiger charge is -2.34. The van der Waals surface area contributed by atoms with Gasteiger partial charge in [0.05, 0.1) is 6.20 Å². The van der Waals surface area contributed by atoms with Crippen LogP contribution in [0.25, 0.3) is 0 Å². The van der Waals surface area contributed by atoms with Crippen molar-refractivity contribution in [2.24, 2.45) is 0 Å². The summed E-state index contributed by atoms with van der Waals surface area (Å²) in [7, 11) is 0. The van der Waals surface area contributed by atoms with Crippen LogP contribution in [0.5, 0.6) is 0 Å². The molecule has 1 aromatic carbocycles. The standard InChI is InChI=1S/C26H30N6O/c1-19-22-10-6-14-31(16-11-20-7-3-2-4-8-20)25(22)30-24(29-19)21-9-5-15-32(18-21)26(33)23-17-27-12-13-28-23/h2-4,7-8,12-13,17,21H,5-6,9-11,14-16,18H2,1H3/t21-/m1/s1. The summed E-state index contributed by atoms with van der Waals surface area (Å²) in [6.07, 6.45) is 9.79. The van der Waals surface area contributed by atoms with Crippen molar-refractivity contribution in [2.45, 2.75) is 44.9 Å². The number of fused-ring (bicyclic) bond motifs is 1. The molecule has 1 fully saturated rings. The van der Waals surface area contributed by atoms with Crippen molar-refractivity contribution >= 4 is 11.7 Å². The summed E-state index contributed by atoms with van der Waals surface area (Å²) in [5.74, 6) is 2.04. The Hall–Kier alpha value is -3.35. The van der Waals surface area contributed by atoms with E-state index in [0.717, 1.165) is 69.1 Å². The highest BCUT2D eigenvalue weighted by Crippen LogP contribution is 2.32. The van der Waals surface area contributed by atoms with Crippen molar-refractivity contribution in [1.82, 2.24) is 24.8 Å². The molecule has 3 aromatic rings. The van der Waals surface area contributed by atoms with Gasteiger partial charge in [-0.2, -0.15) is 0 Å². The van der Waals surface area contributed by atoms with Gasteiger partial charge in [0.2, 0.25) is 0 Å². The number of likely N-dealkylation sites (tertiary alicyclic amines) is 1. The highest BCUT2D eigenvalue weighted by Gasteiger charge is 2.30. The van der Waals surface area contributed by atoms with E-state index in [1.807, 2.05) is 4.90 Å². The van der Waals surface area contributed by atoms with Crippen molar-refractivity contribution in [1.29, 1.82) is 0 Å². The van der Waals surface area contributed by atoms with Gasteiger partial charge in [-0.15, -0.1) is 0 Å². The summed E-state index contributed by atoms with van der Waals surface area (Å²) in [6.45, 7) is 5.44. The second-order valence-corrected chi connectivity index (χ2v) is 8.98. The van der Waals surface area contributed by atoms with E-state index in [1.165, 1.54) is 17.3 Å². The fraction of sp³-hybridized carbons (Fsp3) is 0.423. The predicted molar refractivity (Wildman–Crippen MR) is 127 cm³/mol. The molecule has 1 saturated heterocycles. The van der Waals surface area contributed by atoms with E-state index in [9.17, 15) is 4.79 Å². The third-order valence-corrected chi connectivity index (χ3v) is 6.73. The first-order valence-electron chi connectivity index (χ1n) is 11.9. The number of aromatic nitrogens is 4. The molecule has 0 aliphatic carbocycles. The molecule has 0 bridgehead atoms. The first-order valence-corrected chi connectivity index (χ1v) is 11.9. The summed E-state index contributed by atoms with van der Waals surface area (Å²) in [6, 6.07) is 10.6. The molecular formula is C26H30N6O. The van der Waals surface area contributed by atoms with E-state index >= 15 is 0 Å². The highest BCUT2D eigenvalue weighted by molar-refractivity contribution is 5.92. The molecule has 170 valence electrons. The minimum absolute atomic E-state index is 0.0630. The average Bonchev–Trinajstić information content (AvgIpc) is 2.88. The van der Waals surface area contributed by atoms with Crippen LogP contribution in [-0.4, -0.2) is 56.9 Å². The van der Waals surface area contributed by atoms with Crippen LogP contribution in [0.3, 0.4) is 0 Å². The quantitative estimate of drug-likeness (QED) is 0.601. The minimum atomic E-state index is -0.0630. The van der Waals surface area contributed by atoms with Crippen LogP contribution in [-0.2, 0) is 12.8 Å². The maximum absolute atomic E-state index is 12.9. The molecule has 0 saturated carbocycles. The Balaban J connectivity index is 1.35. The normalized spacial score (nSPS) is 18.2. The largest absolute Gasteiger partial charge is 0.356 e. The fourth-order valence-corrected chi connectivity index (χ4v) is 4.96. The van der Waals surface area contributed by atoms with Crippen molar-refractivity contribution in [3.8, 4) is 0 Å². The topological polar surface area (TPSA) is 75.1 Å². The average molecular weight is 443 g/mol. The lowest BCUT2D eigenvalue weighted by Crippen LogP contribution is -2.40. The highest BCUT2D eigenvalue weighted by atomic mass is 16.2. The van der Waals surface area contributed by atoms with Gasteiger partial charge in [0.1, 0.15) is 17.3 Å². The Morgan fingerprint density at radius 2 is 1.97 bits per heavy atom. The number of carbonyl (C=O) groups excluding carboxylic acids is 1. The van der Waals surface area contributed by atoms with Gasteiger partial charge in [0.25, 0.3) is 5.91 Å². The number of nitrogens with zero attached hydrogens (tertiary/aromatic N) is 6.